The van der Waals surface area contributed by atoms with Crippen LogP contribution in [0.4, 0.5) is 0 Å². The van der Waals surface area contributed by atoms with Crippen LogP contribution in [0.3, 0.4) is 0 Å². The fourth-order valence-corrected chi connectivity index (χ4v) is 3.86. The topological polar surface area (TPSA) is 58.4 Å². The number of rotatable bonds is 4. The van der Waals surface area contributed by atoms with Gasteiger partial charge < -0.3 is 9.47 Å². The highest BCUT2D eigenvalue weighted by Crippen LogP contribution is 2.44. The Morgan fingerprint density at radius 2 is 2.36 bits per heavy atom. The summed E-state index contributed by atoms with van der Waals surface area (Å²) in [5.74, 6) is 1.17. The first kappa shape index (κ1) is 14.0. The van der Waals surface area contributed by atoms with E-state index in [0.717, 1.165) is 32.3 Å². The van der Waals surface area contributed by atoms with Crippen molar-refractivity contribution in [1.82, 2.24) is 9.88 Å². The Bertz CT molecular complexity index is 579. The number of hydrogen-bond acceptors (Lipinski definition) is 5. The van der Waals surface area contributed by atoms with Gasteiger partial charge >= 0.3 is 0 Å². The smallest absolute Gasteiger partial charge is 0.213 e. The molecular weight excluding hydrogens is 278 g/mol. The van der Waals surface area contributed by atoms with Crippen molar-refractivity contribution >= 4 is 0 Å². The third kappa shape index (κ3) is 2.37. The molecule has 5 nitrogen and oxygen atoms in total. The van der Waals surface area contributed by atoms with Crippen LogP contribution < -0.4 is 4.74 Å². The Morgan fingerprint density at radius 1 is 1.45 bits per heavy atom. The summed E-state index contributed by atoms with van der Waals surface area (Å²) in [4.78, 5) is 6.85. The summed E-state index contributed by atoms with van der Waals surface area (Å²) in [7, 11) is 0. The molecule has 4 rings (SSSR count). The van der Waals surface area contributed by atoms with Crippen molar-refractivity contribution in [1.29, 1.82) is 5.26 Å². The molecule has 3 aliphatic rings. The van der Waals surface area contributed by atoms with Crippen LogP contribution in [0, 0.1) is 22.7 Å². The third-order valence-electron chi connectivity index (χ3n) is 5.51. The normalized spacial score (nSPS) is 31.5. The lowest BCUT2D eigenvalue weighted by Crippen LogP contribution is -2.42. The predicted molar refractivity (Wildman–Crippen MR) is 80.4 cm³/mol. The van der Waals surface area contributed by atoms with Crippen molar-refractivity contribution in [2.75, 3.05) is 32.9 Å². The Balaban J connectivity index is 1.42. The molecule has 3 fully saturated rings. The standard InChI is InChI=1S/C17H21N3O2/c18-6-13-4-5-16(19-7-13)22-12-17-10-20(15-2-1-3-15)8-14(17)9-21-11-17/h4-5,7,14-15H,1-3,8-12H2/t14-,17+/m0/s1. The van der Waals surface area contributed by atoms with E-state index in [1.807, 2.05) is 0 Å². The maximum absolute atomic E-state index is 8.81. The molecule has 0 radical (unpaired) electrons. The maximum Gasteiger partial charge on any atom is 0.213 e. The first-order valence-electron chi connectivity index (χ1n) is 8.10. The lowest BCUT2D eigenvalue weighted by molar-refractivity contribution is 0.0666. The number of pyridine rings is 1. The Morgan fingerprint density at radius 3 is 3.05 bits per heavy atom. The average Bonchev–Trinajstić information content (AvgIpc) is 3.01. The zero-order valence-corrected chi connectivity index (χ0v) is 12.7. The summed E-state index contributed by atoms with van der Waals surface area (Å²) in [6.07, 6.45) is 5.63. The molecule has 0 unspecified atom stereocenters. The van der Waals surface area contributed by atoms with E-state index in [9.17, 15) is 0 Å². The third-order valence-corrected chi connectivity index (χ3v) is 5.51. The van der Waals surface area contributed by atoms with E-state index in [1.165, 1.54) is 19.3 Å². The molecule has 1 aromatic rings. The van der Waals surface area contributed by atoms with E-state index in [4.69, 9.17) is 14.7 Å². The van der Waals surface area contributed by atoms with E-state index < -0.39 is 0 Å². The van der Waals surface area contributed by atoms with Crippen molar-refractivity contribution in [3.63, 3.8) is 0 Å². The molecule has 1 aromatic heterocycles. The van der Waals surface area contributed by atoms with Crippen molar-refractivity contribution in [2.24, 2.45) is 11.3 Å². The van der Waals surface area contributed by atoms with Crippen LogP contribution in [0.1, 0.15) is 24.8 Å². The van der Waals surface area contributed by atoms with Gasteiger partial charge in [0, 0.05) is 42.7 Å². The summed E-state index contributed by atoms with van der Waals surface area (Å²) in [5, 5.41) is 8.81. The van der Waals surface area contributed by atoms with E-state index in [0.29, 0.717) is 24.0 Å². The van der Waals surface area contributed by atoms with Gasteiger partial charge in [0.2, 0.25) is 5.88 Å². The fraction of sp³-hybridized carbons (Fsp3) is 0.647. The van der Waals surface area contributed by atoms with Gasteiger partial charge in [-0.1, -0.05) is 6.42 Å². The first-order chi connectivity index (χ1) is 10.8. The van der Waals surface area contributed by atoms with E-state index in [2.05, 4.69) is 16.0 Å². The van der Waals surface area contributed by atoms with Crippen molar-refractivity contribution < 1.29 is 9.47 Å². The van der Waals surface area contributed by atoms with E-state index in [-0.39, 0.29) is 5.41 Å². The summed E-state index contributed by atoms with van der Waals surface area (Å²) < 4.78 is 11.7. The Labute approximate surface area is 130 Å². The second kappa shape index (κ2) is 5.53. The molecule has 22 heavy (non-hydrogen) atoms. The number of nitrogens with zero attached hydrogens (tertiary/aromatic N) is 3. The lowest BCUT2D eigenvalue weighted by atomic mass is 9.82. The maximum atomic E-state index is 8.81. The van der Waals surface area contributed by atoms with Gasteiger partial charge in [-0.15, -0.1) is 0 Å². The van der Waals surface area contributed by atoms with Crippen LogP contribution in [0.5, 0.6) is 5.88 Å². The van der Waals surface area contributed by atoms with Gasteiger partial charge in [0.15, 0.2) is 0 Å². The highest BCUT2D eigenvalue weighted by Gasteiger charge is 2.52. The molecule has 116 valence electrons. The zero-order chi connectivity index (χ0) is 15.0. The van der Waals surface area contributed by atoms with Crippen LogP contribution in [-0.2, 0) is 4.74 Å². The van der Waals surface area contributed by atoms with Crippen molar-refractivity contribution in [3.8, 4) is 11.9 Å². The van der Waals surface area contributed by atoms with Crippen LogP contribution in [0.2, 0.25) is 0 Å². The molecule has 2 saturated heterocycles. The molecule has 0 spiro atoms. The molecule has 0 aromatic carbocycles. The molecule has 1 aliphatic carbocycles. The minimum atomic E-state index is 0.116. The van der Waals surface area contributed by atoms with Gasteiger partial charge in [-0.3, -0.25) is 4.90 Å². The summed E-state index contributed by atoms with van der Waals surface area (Å²) in [6, 6.07) is 6.39. The van der Waals surface area contributed by atoms with E-state index >= 15 is 0 Å². The summed E-state index contributed by atoms with van der Waals surface area (Å²) >= 11 is 0. The largest absolute Gasteiger partial charge is 0.477 e. The highest BCUT2D eigenvalue weighted by molar-refractivity contribution is 5.28. The van der Waals surface area contributed by atoms with Gasteiger partial charge in [-0.25, -0.2) is 4.98 Å². The Hall–Kier alpha value is -1.64. The SMILES string of the molecule is N#Cc1ccc(OC[C@@]23COC[C@@H]2CN(C2CCC2)C3)nc1. The van der Waals surface area contributed by atoms with Crippen molar-refractivity contribution in [2.45, 2.75) is 25.3 Å². The van der Waals surface area contributed by atoms with E-state index in [1.54, 1.807) is 18.3 Å². The first-order valence-corrected chi connectivity index (χ1v) is 8.10. The molecule has 0 amide bonds. The number of aromatic nitrogens is 1. The molecule has 0 N–H and O–H groups in total. The lowest BCUT2D eigenvalue weighted by Gasteiger charge is -2.36. The van der Waals surface area contributed by atoms with Gasteiger partial charge in [-0.2, -0.15) is 5.26 Å². The molecule has 1 saturated carbocycles. The average molecular weight is 299 g/mol. The zero-order valence-electron chi connectivity index (χ0n) is 12.7. The molecule has 2 aliphatic heterocycles. The van der Waals surface area contributed by atoms with Crippen LogP contribution >= 0.6 is 0 Å². The fourth-order valence-electron chi connectivity index (χ4n) is 3.86. The van der Waals surface area contributed by atoms with Crippen LogP contribution in [-0.4, -0.2) is 48.8 Å². The Kier molecular flexibility index (Phi) is 3.51. The number of nitriles is 1. The number of likely N-dealkylation sites (tertiary alicyclic amines) is 1. The van der Waals surface area contributed by atoms with Gasteiger partial charge in [0.05, 0.1) is 25.4 Å². The summed E-state index contributed by atoms with van der Waals surface area (Å²) in [6.45, 7) is 4.53. The van der Waals surface area contributed by atoms with Crippen LogP contribution in [0.25, 0.3) is 0 Å². The second-order valence-electron chi connectivity index (χ2n) is 6.87. The second-order valence-corrected chi connectivity index (χ2v) is 6.87. The quantitative estimate of drug-likeness (QED) is 0.849. The molecule has 5 heteroatoms. The summed E-state index contributed by atoms with van der Waals surface area (Å²) in [5.41, 5.74) is 0.676. The molecule has 0 bridgehead atoms. The molecule has 3 heterocycles. The highest BCUT2D eigenvalue weighted by atomic mass is 16.5. The minimum Gasteiger partial charge on any atom is -0.477 e. The van der Waals surface area contributed by atoms with Gasteiger partial charge in [-0.05, 0) is 18.9 Å². The monoisotopic (exact) mass is 299 g/mol. The molecular formula is C17H21N3O2. The number of hydrogen-bond donors (Lipinski definition) is 0. The van der Waals surface area contributed by atoms with Crippen molar-refractivity contribution in [3.05, 3.63) is 23.9 Å². The predicted octanol–water partition coefficient (Wildman–Crippen LogP) is 1.83. The van der Waals surface area contributed by atoms with Gasteiger partial charge in [0.1, 0.15) is 6.07 Å². The number of ether oxygens (including phenoxy) is 2. The number of fused-ring (bicyclic) bond motifs is 1. The molecule has 2 atom stereocenters. The minimum absolute atomic E-state index is 0.116. The van der Waals surface area contributed by atoms with Crippen LogP contribution in [0.15, 0.2) is 18.3 Å². The van der Waals surface area contributed by atoms with Gasteiger partial charge in [0.25, 0.3) is 0 Å².